The number of amides is 1. The van der Waals surface area contributed by atoms with E-state index in [4.69, 9.17) is 4.74 Å². The lowest BCUT2D eigenvalue weighted by Crippen LogP contribution is -2.27. The van der Waals surface area contributed by atoms with E-state index in [1.54, 1.807) is 0 Å². The lowest BCUT2D eigenvalue weighted by Gasteiger charge is -2.06. The van der Waals surface area contributed by atoms with Gasteiger partial charge in [0.2, 0.25) is 5.91 Å². The molecule has 132 valence electrons. The fourth-order valence-corrected chi connectivity index (χ4v) is 3.15. The summed E-state index contributed by atoms with van der Waals surface area (Å²) in [6.45, 7) is 1.32. The van der Waals surface area contributed by atoms with Crippen LogP contribution in [-0.2, 0) is 24.1 Å². The minimum atomic E-state index is 0.0337. The first-order chi connectivity index (χ1) is 12.8. The number of aromatic nitrogens is 2. The van der Waals surface area contributed by atoms with Gasteiger partial charge in [0.1, 0.15) is 5.75 Å². The molecule has 0 saturated carbocycles. The third-order valence-corrected chi connectivity index (χ3v) is 4.49. The van der Waals surface area contributed by atoms with E-state index in [-0.39, 0.29) is 5.91 Å². The zero-order chi connectivity index (χ0) is 17.8. The van der Waals surface area contributed by atoms with Gasteiger partial charge < -0.3 is 10.1 Å². The predicted octanol–water partition coefficient (Wildman–Crippen LogP) is 2.71. The molecule has 4 rings (SSSR count). The summed E-state index contributed by atoms with van der Waals surface area (Å²) in [6.07, 6.45) is 3.98. The molecule has 3 aromatic rings. The Kier molecular flexibility index (Phi) is 4.69. The largest absolute Gasteiger partial charge is 0.493 e. The van der Waals surface area contributed by atoms with E-state index in [9.17, 15) is 4.79 Å². The predicted molar refractivity (Wildman–Crippen MR) is 99.6 cm³/mol. The smallest absolute Gasteiger partial charge is 0.224 e. The standard InChI is InChI=1S/C21H21N3O2/c25-21(15-16-6-7-20-17(14-16)10-13-26-20)22-11-8-18-9-12-24(23-18)19-4-2-1-3-5-19/h1-7,9,12,14H,8,10-11,13,15H2,(H,22,25). The first-order valence-corrected chi connectivity index (χ1v) is 8.89. The SMILES string of the molecule is O=C(Cc1ccc2c(c1)CCO2)NCCc1ccn(-c2ccccc2)n1. The monoisotopic (exact) mass is 347 g/mol. The molecule has 0 bridgehead atoms. The second-order valence-electron chi connectivity index (χ2n) is 6.40. The van der Waals surface area contributed by atoms with Crippen molar-refractivity contribution in [2.75, 3.05) is 13.2 Å². The first kappa shape index (κ1) is 16.4. The lowest BCUT2D eigenvalue weighted by atomic mass is 10.1. The minimum absolute atomic E-state index is 0.0337. The molecule has 1 aliphatic rings. The van der Waals surface area contributed by atoms with Gasteiger partial charge in [-0.1, -0.05) is 30.3 Å². The molecule has 0 fully saturated rings. The maximum absolute atomic E-state index is 12.2. The van der Waals surface area contributed by atoms with Gasteiger partial charge in [0.15, 0.2) is 0 Å². The summed E-state index contributed by atoms with van der Waals surface area (Å²) in [7, 11) is 0. The number of hydrogen-bond donors (Lipinski definition) is 1. The molecule has 0 atom stereocenters. The van der Waals surface area contributed by atoms with E-state index in [0.717, 1.165) is 35.7 Å². The van der Waals surface area contributed by atoms with Gasteiger partial charge >= 0.3 is 0 Å². The quantitative estimate of drug-likeness (QED) is 0.746. The minimum Gasteiger partial charge on any atom is -0.493 e. The zero-order valence-electron chi connectivity index (χ0n) is 14.5. The number of carbonyl (C=O) groups is 1. The van der Waals surface area contributed by atoms with E-state index in [2.05, 4.69) is 16.5 Å². The van der Waals surface area contributed by atoms with Gasteiger partial charge in [-0.2, -0.15) is 5.10 Å². The molecule has 0 aliphatic carbocycles. The van der Waals surface area contributed by atoms with Crippen LogP contribution in [0.3, 0.4) is 0 Å². The normalized spacial score (nSPS) is 12.5. The Labute approximate surface area is 152 Å². The highest BCUT2D eigenvalue weighted by Crippen LogP contribution is 2.25. The Bertz CT molecular complexity index is 903. The van der Waals surface area contributed by atoms with Gasteiger partial charge in [-0.25, -0.2) is 4.68 Å². The number of nitrogens with zero attached hydrogens (tertiary/aromatic N) is 2. The molecule has 1 aliphatic heterocycles. The molecular formula is C21H21N3O2. The fourth-order valence-electron chi connectivity index (χ4n) is 3.15. The molecule has 5 heteroatoms. The van der Waals surface area contributed by atoms with E-state index in [1.165, 1.54) is 5.56 Å². The number of carbonyl (C=O) groups excluding carboxylic acids is 1. The van der Waals surface area contributed by atoms with Crippen LogP contribution < -0.4 is 10.1 Å². The topological polar surface area (TPSA) is 56.1 Å². The van der Waals surface area contributed by atoms with Gasteiger partial charge in [-0.15, -0.1) is 0 Å². The van der Waals surface area contributed by atoms with Crippen molar-refractivity contribution in [1.82, 2.24) is 15.1 Å². The van der Waals surface area contributed by atoms with Crippen molar-refractivity contribution in [1.29, 1.82) is 0 Å². The second-order valence-corrected chi connectivity index (χ2v) is 6.40. The average Bonchev–Trinajstić information content (AvgIpc) is 3.31. The summed E-state index contributed by atoms with van der Waals surface area (Å²) < 4.78 is 7.35. The summed E-state index contributed by atoms with van der Waals surface area (Å²) in [5.41, 5.74) is 4.22. The molecule has 1 amide bonds. The van der Waals surface area contributed by atoms with E-state index in [1.807, 2.05) is 59.4 Å². The van der Waals surface area contributed by atoms with Crippen LogP contribution in [0.2, 0.25) is 0 Å². The van der Waals surface area contributed by atoms with Crippen molar-refractivity contribution in [2.24, 2.45) is 0 Å². The van der Waals surface area contributed by atoms with Gasteiger partial charge in [0, 0.05) is 25.6 Å². The molecule has 0 spiro atoms. The second kappa shape index (κ2) is 7.44. The molecule has 1 N–H and O–H groups in total. The molecule has 0 unspecified atom stereocenters. The number of ether oxygens (including phenoxy) is 1. The molecule has 26 heavy (non-hydrogen) atoms. The zero-order valence-corrected chi connectivity index (χ0v) is 14.5. The van der Waals surface area contributed by atoms with Crippen molar-refractivity contribution in [3.8, 4) is 11.4 Å². The van der Waals surface area contributed by atoms with Crippen molar-refractivity contribution in [3.05, 3.63) is 77.6 Å². The highest BCUT2D eigenvalue weighted by molar-refractivity contribution is 5.78. The summed E-state index contributed by atoms with van der Waals surface area (Å²) in [6, 6.07) is 18.0. The average molecular weight is 347 g/mol. The number of hydrogen-bond acceptors (Lipinski definition) is 3. The molecule has 0 saturated heterocycles. The molecule has 2 aromatic carbocycles. The summed E-state index contributed by atoms with van der Waals surface area (Å²) >= 11 is 0. The Morgan fingerprint density at radius 2 is 2.04 bits per heavy atom. The van der Waals surface area contributed by atoms with Crippen molar-refractivity contribution >= 4 is 5.91 Å². The highest BCUT2D eigenvalue weighted by Gasteiger charge is 2.13. The number of nitrogens with one attached hydrogen (secondary N) is 1. The molecule has 5 nitrogen and oxygen atoms in total. The Morgan fingerprint density at radius 3 is 2.92 bits per heavy atom. The van der Waals surface area contributed by atoms with E-state index >= 15 is 0 Å². The van der Waals surface area contributed by atoms with E-state index in [0.29, 0.717) is 19.4 Å². The molecular weight excluding hydrogens is 326 g/mol. The maximum atomic E-state index is 12.2. The van der Waals surface area contributed by atoms with Crippen LogP contribution >= 0.6 is 0 Å². The Morgan fingerprint density at radius 1 is 1.15 bits per heavy atom. The molecule has 1 aromatic heterocycles. The van der Waals surface area contributed by atoms with Crippen molar-refractivity contribution < 1.29 is 9.53 Å². The van der Waals surface area contributed by atoms with Gasteiger partial charge in [0.25, 0.3) is 0 Å². The molecule has 0 radical (unpaired) electrons. The van der Waals surface area contributed by atoms with Crippen LogP contribution in [-0.4, -0.2) is 28.8 Å². The number of rotatable bonds is 6. The van der Waals surface area contributed by atoms with Crippen molar-refractivity contribution in [3.63, 3.8) is 0 Å². The fraction of sp³-hybridized carbons (Fsp3) is 0.238. The van der Waals surface area contributed by atoms with Gasteiger partial charge in [0.05, 0.1) is 24.4 Å². The number of para-hydroxylation sites is 1. The van der Waals surface area contributed by atoms with Crippen LogP contribution in [0, 0.1) is 0 Å². The van der Waals surface area contributed by atoms with Crippen LogP contribution in [0.15, 0.2) is 60.8 Å². The van der Waals surface area contributed by atoms with Crippen LogP contribution in [0.5, 0.6) is 5.75 Å². The lowest BCUT2D eigenvalue weighted by molar-refractivity contribution is -0.120. The number of fused-ring (bicyclic) bond motifs is 1. The van der Waals surface area contributed by atoms with Crippen LogP contribution in [0.4, 0.5) is 0 Å². The van der Waals surface area contributed by atoms with Crippen LogP contribution in [0.1, 0.15) is 16.8 Å². The third kappa shape index (κ3) is 3.77. The van der Waals surface area contributed by atoms with Gasteiger partial charge in [-0.05, 0) is 35.4 Å². The number of benzene rings is 2. The summed E-state index contributed by atoms with van der Waals surface area (Å²) in [4.78, 5) is 12.2. The Balaban J connectivity index is 1.27. The third-order valence-electron chi connectivity index (χ3n) is 4.49. The first-order valence-electron chi connectivity index (χ1n) is 8.89. The van der Waals surface area contributed by atoms with E-state index < -0.39 is 0 Å². The summed E-state index contributed by atoms with van der Waals surface area (Å²) in [5.74, 6) is 0.981. The van der Waals surface area contributed by atoms with Crippen LogP contribution in [0.25, 0.3) is 5.69 Å². The van der Waals surface area contributed by atoms with Gasteiger partial charge in [-0.3, -0.25) is 4.79 Å². The summed E-state index contributed by atoms with van der Waals surface area (Å²) in [5, 5.41) is 7.53. The maximum Gasteiger partial charge on any atom is 0.224 e. The highest BCUT2D eigenvalue weighted by atomic mass is 16.5. The van der Waals surface area contributed by atoms with Crippen molar-refractivity contribution in [2.45, 2.75) is 19.3 Å². The Hall–Kier alpha value is -3.08. The molecule has 2 heterocycles.